The van der Waals surface area contributed by atoms with Gasteiger partial charge in [0.25, 0.3) is 0 Å². The van der Waals surface area contributed by atoms with Crippen LogP contribution < -0.4 is 4.74 Å². The van der Waals surface area contributed by atoms with Crippen molar-refractivity contribution in [1.29, 1.82) is 0 Å². The van der Waals surface area contributed by atoms with Gasteiger partial charge in [-0.3, -0.25) is 4.90 Å². The lowest BCUT2D eigenvalue weighted by atomic mass is 9.85. The number of benzene rings is 2. The second-order valence-electron chi connectivity index (χ2n) is 9.56. The summed E-state index contributed by atoms with van der Waals surface area (Å²) in [7, 11) is 0. The molecule has 1 aliphatic heterocycles. The van der Waals surface area contributed by atoms with Gasteiger partial charge in [-0.1, -0.05) is 37.6 Å². The van der Waals surface area contributed by atoms with Crippen molar-refractivity contribution in [2.45, 2.75) is 52.7 Å². The van der Waals surface area contributed by atoms with E-state index in [1.165, 1.54) is 22.3 Å². The summed E-state index contributed by atoms with van der Waals surface area (Å²) in [6.45, 7) is 8.75. The maximum absolute atomic E-state index is 14.5. The molecule has 0 aromatic heterocycles. The number of fused-ring (bicyclic) bond motifs is 1. The molecule has 1 heterocycles. The zero-order valence-corrected chi connectivity index (χ0v) is 19.6. The van der Waals surface area contributed by atoms with E-state index < -0.39 is 6.16 Å². The molecule has 2 aliphatic rings. The van der Waals surface area contributed by atoms with Crippen molar-refractivity contribution in [3.05, 3.63) is 70.0 Å². The molecule has 0 bridgehead atoms. The van der Waals surface area contributed by atoms with Crippen LogP contribution in [0.3, 0.4) is 0 Å². The zero-order chi connectivity index (χ0) is 23.5. The van der Waals surface area contributed by atoms with Gasteiger partial charge >= 0.3 is 6.16 Å². The van der Waals surface area contributed by atoms with E-state index in [1.54, 1.807) is 6.07 Å². The van der Waals surface area contributed by atoms with Crippen LogP contribution in [0.1, 0.15) is 49.4 Å². The summed E-state index contributed by atoms with van der Waals surface area (Å²) in [5, 5.41) is 8.71. The SMILES string of the molecule is CC1=C(CN2CC(OC(=O)O)C2)CCc2cc(OCc3ccc(CC(C)C)cc3F)ccc21. The lowest BCUT2D eigenvalue weighted by molar-refractivity contribution is -0.0292. The van der Waals surface area contributed by atoms with Crippen LogP contribution in [-0.2, 0) is 24.2 Å². The predicted molar refractivity (Wildman–Crippen MR) is 126 cm³/mol. The van der Waals surface area contributed by atoms with Gasteiger partial charge in [0.1, 0.15) is 24.3 Å². The van der Waals surface area contributed by atoms with Crippen LogP contribution in [0.2, 0.25) is 0 Å². The molecule has 0 saturated carbocycles. The zero-order valence-electron chi connectivity index (χ0n) is 19.6. The number of carbonyl (C=O) groups is 1. The van der Waals surface area contributed by atoms with Crippen molar-refractivity contribution in [1.82, 2.24) is 4.90 Å². The van der Waals surface area contributed by atoms with Gasteiger partial charge in [0.15, 0.2) is 0 Å². The van der Waals surface area contributed by atoms with Crippen molar-refractivity contribution in [2.24, 2.45) is 5.92 Å². The fraction of sp³-hybridized carbons (Fsp3) is 0.444. The normalized spacial score (nSPS) is 16.5. The first-order valence-electron chi connectivity index (χ1n) is 11.6. The number of likely N-dealkylation sites (tertiary alicyclic amines) is 1. The second kappa shape index (κ2) is 9.96. The highest BCUT2D eigenvalue weighted by molar-refractivity contribution is 5.72. The number of allylic oxidation sites excluding steroid dienone is 1. The quantitative estimate of drug-likeness (QED) is 0.520. The number of hydrogen-bond acceptors (Lipinski definition) is 4. The van der Waals surface area contributed by atoms with Crippen LogP contribution in [0, 0.1) is 11.7 Å². The number of rotatable bonds is 8. The fourth-order valence-electron chi connectivity index (χ4n) is 4.70. The molecule has 4 rings (SSSR count). The van der Waals surface area contributed by atoms with E-state index in [0.29, 0.717) is 24.6 Å². The number of carboxylic acid groups (broad SMARTS) is 1. The van der Waals surface area contributed by atoms with E-state index in [9.17, 15) is 9.18 Å². The van der Waals surface area contributed by atoms with Gasteiger partial charge in [0.05, 0.1) is 0 Å². The first-order valence-corrected chi connectivity index (χ1v) is 11.6. The van der Waals surface area contributed by atoms with E-state index in [4.69, 9.17) is 14.6 Å². The molecule has 0 amide bonds. The smallest absolute Gasteiger partial charge is 0.489 e. The Bertz CT molecular complexity index is 1060. The molecule has 0 spiro atoms. The highest BCUT2D eigenvalue weighted by Gasteiger charge is 2.31. The lowest BCUT2D eigenvalue weighted by Gasteiger charge is -2.39. The van der Waals surface area contributed by atoms with Gasteiger partial charge in [0.2, 0.25) is 0 Å². The Kier molecular flexibility index (Phi) is 7.03. The Morgan fingerprint density at radius 2 is 1.97 bits per heavy atom. The van der Waals surface area contributed by atoms with Crippen LogP contribution in [0.25, 0.3) is 5.57 Å². The Morgan fingerprint density at radius 3 is 2.67 bits per heavy atom. The molecule has 176 valence electrons. The van der Waals surface area contributed by atoms with Crippen LogP contribution in [0.15, 0.2) is 42.0 Å². The molecule has 0 unspecified atom stereocenters. The predicted octanol–water partition coefficient (Wildman–Crippen LogP) is 5.70. The Hall–Kier alpha value is -2.86. The van der Waals surface area contributed by atoms with Crippen LogP contribution in [0.5, 0.6) is 5.75 Å². The van der Waals surface area contributed by atoms with Gasteiger partial charge in [-0.25, -0.2) is 9.18 Å². The third-order valence-electron chi connectivity index (χ3n) is 6.47. The minimum absolute atomic E-state index is 0.210. The topological polar surface area (TPSA) is 59.0 Å². The monoisotopic (exact) mass is 453 g/mol. The minimum atomic E-state index is -1.20. The standard InChI is InChI=1S/C27H32FNO4/c1-17(2)10-19-4-5-22(26(28)11-19)16-32-23-8-9-25-18(3)21(7-6-20(25)12-23)13-29-14-24(15-29)33-27(30)31/h4-5,8-9,11-12,17,24H,6-7,10,13-16H2,1-3H3,(H,30,31). The maximum Gasteiger partial charge on any atom is 0.506 e. The number of aryl methyl sites for hydroxylation is 1. The molecule has 1 N–H and O–H groups in total. The highest BCUT2D eigenvalue weighted by Crippen LogP contribution is 2.34. The van der Waals surface area contributed by atoms with E-state index in [-0.39, 0.29) is 18.5 Å². The largest absolute Gasteiger partial charge is 0.506 e. The minimum Gasteiger partial charge on any atom is -0.489 e. The van der Waals surface area contributed by atoms with Crippen LogP contribution in [-0.4, -0.2) is 41.9 Å². The average molecular weight is 454 g/mol. The lowest BCUT2D eigenvalue weighted by Crippen LogP contribution is -2.53. The summed E-state index contributed by atoms with van der Waals surface area (Å²) in [5.74, 6) is 1.04. The summed E-state index contributed by atoms with van der Waals surface area (Å²) in [4.78, 5) is 12.8. The van der Waals surface area contributed by atoms with Crippen molar-refractivity contribution in [2.75, 3.05) is 19.6 Å². The van der Waals surface area contributed by atoms with Gasteiger partial charge < -0.3 is 14.6 Å². The molecule has 5 nitrogen and oxygen atoms in total. The van der Waals surface area contributed by atoms with Gasteiger partial charge in [-0.2, -0.15) is 0 Å². The first-order chi connectivity index (χ1) is 15.8. The first kappa shape index (κ1) is 23.3. The molecule has 1 aliphatic carbocycles. The summed E-state index contributed by atoms with van der Waals surface area (Å²) < 4.78 is 25.2. The molecule has 2 aromatic carbocycles. The maximum atomic E-state index is 14.5. The van der Waals surface area contributed by atoms with Crippen molar-refractivity contribution in [3.8, 4) is 5.75 Å². The van der Waals surface area contributed by atoms with Gasteiger partial charge in [-0.15, -0.1) is 0 Å². The van der Waals surface area contributed by atoms with Crippen LogP contribution >= 0.6 is 0 Å². The van der Waals surface area contributed by atoms with Gasteiger partial charge in [-0.05, 0) is 72.6 Å². The Morgan fingerprint density at radius 1 is 1.18 bits per heavy atom. The Labute approximate surface area is 194 Å². The molecule has 2 aromatic rings. The highest BCUT2D eigenvalue weighted by atomic mass is 19.1. The third-order valence-corrected chi connectivity index (χ3v) is 6.47. The molecular formula is C27H32FNO4. The molecule has 1 fully saturated rings. The summed E-state index contributed by atoms with van der Waals surface area (Å²) in [6, 6.07) is 11.5. The number of hydrogen-bond donors (Lipinski definition) is 1. The van der Waals surface area contributed by atoms with Crippen molar-refractivity contribution in [3.63, 3.8) is 0 Å². The Balaban J connectivity index is 1.36. The summed E-state index contributed by atoms with van der Waals surface area (Å²) >= 11 is 0. The van der Waals surface area contributed by atoms with E-state index in [2.05, 4.69) is 37.8 Å². The molecular weight excluding hydrogens is 421 g/mol. The van der Waals surface area contributed by atoms with E-state index in [1.807, 2.05) is 18.2 Å². The number of nitrogens with zero attached hydrogens (tertiary/aromatic N) is 1. The molecule has 1 saturated heterocycles. The van der Waals surface area contributed by atoms with Crippen LogP contribution in [0.4, 0.5) is 9.18 Å². The number of ether oxygens (including phenoxy) is 2. The van der Waals surface area contributed by atoms with E-state index in [0.717, 1.165) is 37.1 Å². The van der Waals surface area contributed by atoms with E-state index >= 15 is 0 Å². The molecule has 33 heavy (non-hydrogen) atoms. The fourth-order valence-corrected chi connectivity index (χ4v) is 4.70. The second-order valence-corrected chi connectivity index (χ2v) is 9.56. The summed E-state index contributed by atoms with van der Waals surface area (Å²) in [5.41, 5.74) is 6.72. The molecule has 0 atom stereocenters. The summed E-state index contributed by atoms with van der Waals surface area (Å²) in [6.07, 6.45) is 1.35. The van der Waals surface area contributed by atoms with Gasteiger partial charge in [0, 0.05) is 25.2 Å². The van der Waals surface area contributed by atoms with Crippen molar-refractivity contribution < 1.29 is 23.8 Å². The number of halogens is 1. The molecule has 0 radical (unpaired) electrons. The van der Waals surface area contributed by atoms with Crippen molar-refractivity contribution >= 4 is 11.7 Å². The average Bonchev–Trinajstić information content (AvgIpc) is 2.72. The molecule has 6 heteroatoms. The third kappa shape index (κ3) is 5.74.